The normalized spacial score (nSPS) is 26.7. The first-order valence-corrected chi connectivity index (χ1v) is 6.51. The van der Waals surface area contributed by atoms with Gasteiger partial charge in [-0.15, -0.1) is 0 Å². The Morgan fingerprint density at radius 3 is 2.67 bits per heavy atom. The van der Waals surface area contributed by atoms with Crippen LogP contribution in [-0.2, 0) is 0 Å². The zero-order valence-electron chi connectivity index (χ0n) is 11.5. The number of hydrogen-bond donors (Lipinski definition) is 2. The SMILES string of the molecule is Cc1cc2c(cc1O)C(C)C(O)CCC(C)(C)O2. The van der Waals surface area contributed by atoms with Crippen LogP contribution in [0.2, 0.25) is 0 Å². The number of aromatic hydroxyl groups is 1. The lowest BCUT2D eigenvalue weighted by atomic mass is 9.86. The molecule has 2 N–H and O–H groups in total. The molecular formula is C15H22O3. The largest absolute Gasteiger partial charge is 0.508 e. The molecule has 2 rings (SSSR count). The van der Waals surface area contributed by atoms with E-state index in [0.29, 0.717) is 6.42 Å². The fourth-order valence-electron chi connectivity index (χ4n) is 2.43. The van der Waals surface area contributed by atoms with Gasteiger partial charge in [0, 0.05) is 11.5 Å². The minimum atomic E-state index is -0.394. The van der Waals surface area contributed by atoms with Crippen LogP contribution in [0.4, 0.5) is 0 Å². The summed E-state index contributed by atoms with van der Waals surface area (Å²) in [6.07, 6.45) is 1.13. The Morgan fingerprint density at radius 1 is 1.33 bits per heavy atom. The first-order chi connectivity index (χ1) is 8.30. The molecule has 0 aliphatic carbocycles. The Bertz CT molecular complexity index is 451. The highest BCUT2D eigenvalue weighted by molar-refractivity contribution is 5.47. The Morgan fingerprint density at radius 2 is 2.00 bits per heavy atom. The van der Waals surface area contributed by atoms with Gasteiger partial charge in [-0.1, -0.05) is 6.92 Å². The number of phenols is 1. The van der Waals surface area contributed by atoms with Gasteiger partial charge in [-0.3, -0.25) is 0 Å². The average molecular weight is 250 g/mol. The molecule has 1 aliphatic rings. The molecule has 0 saturated heterocycles. The first kappa shape index (κ1) is 13.2. The van der Waals surface area contributed by atoms with Crippen molar-refractivity contribution in [3.63, 3.8) is 0 Å². The molecule has 1 aromatic carbocycles. The number of hydrogen-bond acceptors (Lipinski definition) is 3. The van der Waals surface area contributed by atoms with Gasteiger partial charge in [-0.2, -0.15) is 0 Å². The smallest absolute Gasteiger partial charge is 0.124 e. The molecule has 0 spiro atoms. The lowest BCUT2D eigenvalue weighted by Crippen LogP contribution is -2.33. The molecule has 3 nitrogen and oxygen atoms in total. The molecule has 1 aromatic rings. The number of phenolic OH excluding ortho intramolecular Hbond substituents is 1. The van der Waals surface area contributed by atoms with Crippen LogP contribution in [0.15, 0.2) is 12.1 Å². The Balaban J connectivity index is 2.52. The van der Waals surface area contributed by atoms with Gasteiger partial charge in [-0.25, -0.2) is 0 Å². The van der Waals surface area contributed by atoms with Gasteiger partial charge in [0.25, 0.3) is 0 Å². The summed E-state index contributed by atoms with van der Waals surface area (Å²) in [5, 5.41) is 20.0. The molecule has 2 atom stereocenters. The summed E-state index contributed by atoms with van der Waals surface area (Å²) in [6, 6.07) is 3.58. The van der Waals surface area contributed by atoms with Gasteiger partial charge < -0.3 is 14.9 Å². The summed E-state index contributed by atoms with van der Waals surface area (Å²) in [4.78, 5) is 0. The molecule has 0 amide bonds. The van der Waals surface area contributed by atoms with Crippen molar-refractivity contribution in [1.29, 1.82) is 0 Å². The quantitative estimate of drug-likeness (QED) is 0.743. The van der Waals surface area contributed by atoms with Crippen molar-refractivity contribution in [3.05, 3.63) is 23.3 Å². The summed E-state index contributed by atoms with van der Waals surface area (Å²) in [5.74, 6) is 1.01. The van der Waals surface area contributed by atoms with E-state index in [0.717, 1.165) is 23.3 Å². The maximum atomic E-state index is 10.2. The van der Waals surface area contributed by atoms with Crippen LogP contribution in [-0.4, -0.2) is 21.9 Å². The summed E-state index contributed by atoms with van der Waals surface area (Å²) in [7, 11) is 0. The van der Waals surface area contributed by atoms with Crippen molar-refractivity contribution in [3.8, 4) is 11.5 Å². The van der Waals surface area contributed by atoms with E-state index in [9.17, 15) is 10.2 Å². The topological polar surface area (TPSA) is 49.7 Å². The van der Waals surface area contributed by atoms with Crippen molar-refractivity contribution < 1.29 is 14.9 Å². The summed E-state index contributed by atoms with van der Waals surface area (Å²) in [5.41, 5.74) is 1.39. The van der Waals surface area contributed by atoms with Crippen LogP contribution in [0, 0.1) is 6.92 Å². The number of ether oxygens (including phenoxy) is 1. The van der Waals surface area contributed by atoms with E-state index < -0.39 is 6.10 Å². The number of aryl methyl sites for hydroxylation is 1. The van der Waals surface area contributed by atoms with Crippen LogP contribution in [0.3, 0.4) is 0 Å². The van der Waals surface area contributed by atoms with E-state index in [-0.39, 0.29) is 17.3 Å². The second-order valence-corrected chi connectivity index (χ2v) is 5.93. The zero-order valence-corrected chi connectivity index (χ0v) is 11.5. The highest BCUT2D eigenvalue weighted by atomic mass is 16.5. The number of aliphatic hydroxyl groups excluding tert-OH is 1. The molecule has 1 heterocycles. The standard InChI is InChI=1S/C15H22O3/c1-9-7-14-11(8-13(9)17)10(2)12(16)5-6-15(3,4)18-14/h7-8,10,12,16-17H,5-6H2,1-4H3. The maximum absolute atomic E-state index is 10.2. The highest BCUT2D eigenvalue weighted by Crippen LogP contribution is 2.39. The Hall–Kier alpha value is -1.22. The minimum Gasteiger partial charge on any atom is -0.508 e. The van der Waals surface area contributed by atoms with Crippen molar-refractivity contribution in [2.75, 3.05) is 0 Å². The third kappa shape index (κ3) is 2.46. The lowest BCUT2D eigenvalue weighted by Gasteiger charge is -2.34. The van der Waals surface area contributed by atoms with Crippen molar-refractivity contribution in [1.82, 2.24) is 0 Å². The van der Waals surface area contributed by atoms with E-state index in [2.05, 4.69) is 0 Å². The van der Waals surface area contributed by atoms with Crippen LogP contribution < -0.4 is 4.74 Å². The predicted molar refractivity (Wildman–Crippen MR) is 71.2 cm³/mol. The molecule has 0 saturated carbocycles. The molecule has 0 radical (unpaired) electrons. The second-order valence-electron chi connectivity index (χ2n) is 5.93. The van der Waals surface area contributed by atoms with E-state index in [4.69, 9.17) is 4.74 Å². The molecule has 18 heavy (non-hydrogen) atoms. The highest BCUT2D eigenvalue weighted by Gasteiger charge is 2.30. The second kappa shape index (κ2) is 4.47. The van der Waals surface area contributed by atoms with Crippen LogP contribution in [0.1, 0.15) is 50.7 Å². The summed E-state index contributed by atoms with van der Waals surface area (Å²) >= 11 is 0. The molecule has 2 unspecified atom stereocenters. The number of aliphatic hydroxyl groups is 1. The number of rotatable bonds is 0. The van der Waals surface area contributed by atoms with Gasteiger partial charge in [0.05, 0.1) is 6.10 Å². The van der Waals surface area contributed by atoms with Gasteiger partial charge in [0.15, 0.2) is 0 Å². The van der Waals surface area contributed by atoms with Crippen molar-refractivity contribution >= 4 is 0 Å². The summed E-state index contributed by atoms with van der Waals surface area (Å²) < 4.78 is 6.06. The van der Waals surface area contributed by atoms with Gasteiger partial charge in [-0.05, 0) is 51.3 Å². The molecule has 3 heteroatoms. The monoisotopic (exact) mass is 250 g/mol. The Kier molecular flexibility index (Phi) is 3.28. The predicted octanol–water partition coefficient (Wildman–Crippen LogP) is 3.12. The first-order valence-electron chi connectivity index (χ1n) is 6.51. The van der Waals surface area contributed by atoms with Crippen molar-refractivity contribution in [2.45, 2.75) is 58.2 Å². The fourth-order valence-corrected chi connectivity index (χ4v) is 2.43. The van der Waals surface area contributed by atoms with E-state index in [1.54, 1.807) is 6.07 Å². The van der Waals surface area contributed by atoms with Crippen LogP contribution >= 0.6 is 0 Å². The molecule has 0 aromatic heterocycles. The third-order valence-corrected chi connectivity index (χ3v) is 3.82. The zero-order chi connectivity index (χ0) is 13.5. The molecular weight excluding hydrogens is 228 g/mol. The minimum absolute atomic E-state index is 0.0254. The third-order valence-electron chi connectivity index (χ3n) is 3.82. The van der Waals surface area contributed by atoms with Crippen molar-refractivity contribution in [2.24, 2.45) is 0 Å². The molecule has 100 valence electrons. The van der Waals surface area contributed by atoms with Crippen LogP contribution in [0.25, 0.3) is 0 Å². The maximum Gasteiger partial charge on any atom is 0.124 e. The van der Waals surface area contributed by atoms with E-state index >= 15 is 0 Å². The van der Waals surface area contributed by atoms with E-state index in [1.807, 2.05) is 33.8 Å². The van der Waals surface area contributed by atoms with Gasteiger partial charge in [0.1, 0.15) is 17.1 Å². The molecule has 1 aliphatic heterocycles. The lowest BCUT2D eigenvalue weighted by molar-refractivity contribution is 0.0497. The summed E-state index contributed by atoms with van der Waals surface area (Å²) in [6.45, 7) is 7.88. The number of benzene rings is 1. The Labute approximate surface area is 108 Å². The fraction of sp³-hybridized carbons (Fsp3) is 0.600. The average Bonchev–Trinajstić information content (AvgIpc) is 2.28. The number of fused-ring (bicyclic) bond motifs is 1. The van der Waals surface area contributed by atoms with E-state index in [1.165, 1.54) is 0 Å². The molecule has 0 bridgehead atoms. The van der Waals surface area contributed by atoms with Gasteiger partial charge in [0.2, 0.25) is 0 Å². The van der Waals surface area contributed by atoms with Gasteiger partial charge >= 0.3 is 0 Å². The molecule has 0 fully saturated rings. The van der Waals surface area contributed by atoms with Crippen LogP contribution in [0.5, 0.6) is 11.5 Å².